The largest absolute Gasteiger partial charge is 0.381 e. The maximum Gasteiger partial charge on any atom is 0.0725 e. The first-order valence-corrected chi connectivity index (χ1v) is 7.25. The molecule has 0 aliphatic rings. The molecule has 0 radical (unpaired) electrons. The second-order valence-corrected chi connectivity index (χ2v) is 6.47. The number of nitrogens with zero attached hydrogens (tertiary/aromatic N) is 1. The molecule has 2 rings (SSSR count). The van der Waals surface area contributed by atoms with E-state index in [2.05, 4.69) is 55.3 Å². The monoisotopic (exact) mass is 271 g/mol. The van der Waals surface area contributed by atoms with Gasteiger partial charge in [0.2, 0.25) is 0 Å². The van der Waals surface area contributed by atoms with E-state index in [4.69, 9.17) is 5.73 Å². The van der Waals surface area contributed by atoms with Crippen molar-refractivity contribution in [3.05, 3.63) is 36.0 Å². The summed E-state index contributed by atoms with van der Waals surface area (Å²) >= 11 is 0. The Hall–Kier alpha value is -1.61. The van der Waals surface area contributed by atoms with Gasteiger partial charge in [0.05, 0.1) is 5.52 Å². The van der Waals surface area contributed by atoms with E-state index in [1.165, 1.54) is 5.39 Å². The third kappa shape index (κ3) is 3.28. The summed E-state index contributed by atoms with van der Waals surface area (Å²) in [6.45, 7) is 9.47. The van der Waals surface area contributed by atoms with Crippen LogP contribution in [0.25, 0.3) is 10.9 Å². The molecule has 1 aromatic carbocycles. The third-order valence-corrected chi connectivity index (χ3v) is 3.67. The van der Waals surface area contributed by atoms with E-state index in [1.54, 1.807) is 0 Å². The minimum absolute atomic E-state index is 0.164. The Labute approximate surface area is 121 Å². The SMILES string of the molecule is Cc1cc(NC(CCN)C(C)(C)C)c2ccccc2n1. The smallest absolute Gasteiger partial charge is 0.0725 e. The van der Waals surface area contributed by atoms with Gasteiger partial charge in [0, 0.05) is 22.8 Å². The highest BCUT2D eigenvalue weighted by atomic mass is 14.9. The Morgan fingerprint density at radius 1 is 1.25 bits per heavy atom. The van der Waals surface area contributed by atoms with Gasteiger partial charge in [0.15, 0.2) is 0 Å². The van der Waals surface area contributed by atoms with E-state index in [9.17, 15) is 0 Å². The minimum Gasteiger partial charge on any atom is -0.381 e. The number of pyridine rings is 1. The lowest BCUT2D eigenvalue weighted by atomic mass is 9.84. The van der Waals surface area contributed by atoms with E-state index in [-0.39, 0.29) is 5.41 Å². The normalized spacial score (nSPS) is 13.4. The summed E-state index contributed by atoms with van der Waals surface area (Å²) in [6.07, 6.45) is 0.958. The van der Waals surface area contributed by atoms with Crippen molar-refractivity contribution in [2.45, 2.75) is 40.2 Å². The Kier molecular flexibility index (Phi) is 4.29. The number of hydrogen-bond donors (Lipinski definition) is 2. The van der Waals surface area contributed by atoms with Crippen LogP contribution in [-0.4, -0.2) is 17.6 Å². The van der Waals surface area contributed by atoms with Gasteiger partial charge in [0.25, 0.3) is 0 Å². The molecule has 1 unspecified atom stereocenters. The molecule has 20 heavy (non-hydrogen) atoms. The Morgan fingerprint density at radius 2 is 1.95 bits per heavy atom. The maximum atomic E-state index is 5.77. The number of hydrogen-bond acceptors (Lipinski definition) is 3. The highest BCUT2D eigenvalue weighted by molar-refractivity contribution is 5.91. The van der Waals surface area contributed by atoms with Crippen LogP contribution in [0.15, 0.2) is 30.3 Å². The van der Waals surface area contributed by atoms with Crippen LogP contribution in [0.2, 0.25) is 0 Å². The van der Waals surface area contributed by atoms with Crippen molar-refractivity contribution < 1.29 is 0 Å². The predicted octanol–water partition coefficient (Wildman–Crippen LogP) is 3.72. The summed E-state index contributed by atoms with van der Waals surface area (Å²) in [6, 6.07) is 10.7. The molecule has 1 aromatic heterocycles. The molecule has 0 saturated heterocycles. The summed E-state index contributed by atoms with van der Waals surface area (Å²) in [5.41, 5.74) is 9.16. The molecule has 1 heterocycles. The second kappa shape index (κ2) is 5.80. The van der Waals surface area contributed by atoms with Crippen molar-refractivity contribution in [2.24, 2.45) is 11.1 Å². The topological polar surface area (TPSA) is 50.9 Å². The van der Waals surface area contributed by atoms with Crippen molar-refractivity contribution in [1.82, 2.24) is 4.98 Å². The average molecular weight is 271 g/mol. The summed E-state index contributed by atoms with van der Waals surface area (Å²) in [7, 11) is 0. The van der Waals surface area contributed by atoms with E-state index < -0.39 is 0 Å². The van der Waals surface area contributed by atoms with Gasteiger partial charge < -0.3 is 11.1 Å². The fraction of sp³-hybridized carbons (Fsp3) is 0.471. The van der Waals surface area contributed by atoms with Crippen LogP contribution in [0.5, 0.6) is 0 Å². The molecule has 3 nitrogen and oxygen atoms in total. The molecule has 3 N–H and O–H groups in total. The molecule has 0 saturated carbocycles. The first-order valence-electron chi connectivity index (χ1n) is 7.25. The van der Waals surface area contributed by atoms with Crippen molar-refractivity contribution in [2.75, 3.05) is 11.9 Å². The summed E-state index contributed by atoms with van der Waals surface area (Å²) in [4.78, 5) is 4.59. The van der Waals surface area contributed by atoms with Crippen LogP contribution in [0.3, 0.4) is 0 Å². The van der Waals surface area contributed by atoms with Gasteiger partial charge in [0.1, 0.15) is 0 Å². The number of nitrogens with one attached hydrogen (secondary N) is 1. The van der Waals surface area contributed by atoms with Crippen LogP contribution in [0, 0.1) is 12.3 Å². The summed E-state index contributed by atoms with van der Waals surface area (Å²) in [5.74, 6) is 0. The number of nitrogens with two attached hydrogens (primary N) is 1. The lowest BCUT2D eigenvalue weighted by molar-refractivity contribution is 0.329. The first kappa shape index (κ1) is 14.8. The maximum absolute atomic E-state index is 5.77. The lowest BCUT2D eigenvalue weighted by Crippen LogP contribution is -2.36. The van der Waals surface area contributed by atoms with Crippen LogP contribution < -0.4 is 11.1 Å². The zero-order chi connectivity index (χ0) is 14.8. The number of para-hydroxylation sites is 1. The number of benzene rings is 1. The quantitative estimate of drug-likeness (QED) is 0.891. The fourth-order valence-corrected chi connectivity index (χ4v) is 2.50. The van der Waals surface area contributed by atoms with Crippen LogP contribution in [-0.2, 0) is 0 Å². The zero-order valence-corrected chi connectivity index (χ0v) is 12.9. The predicted molar refractivity (Wildman–Crippen MR) is 87.0 cm³/mol. The molecule has 0 aliphatic carbocycles. The van der Waals surface area contributed by atoms with E-state index in [1.807, 2.05) is 13.0 Å². The average Bonchev–Trinajstić information content (AvgIpc) is 2.37. The molecule has 0 bridgehead atoms. The van der Waals surface area contributed by atoms with Gasteiger partial charge in [-0.2, -0.15) is 0 Å². The van der Waals surface area contributed by atoms with Gasteiger partial charge in [-0.3, -0.25) is 4.98 Å². The zero-order valence-electron chi connectivity index (χ0n) is 12.9. The van der Waals surface area contributed by atoms with Crippen molar-refractivity contribution in [3.63, 3.8) is 0 Å². The number of aromatic nitrogens is 1. The summed E-state index contributed by atoms with van der Waals surface area (Å²) in [5, 5.41) is 4.85. The molecule has 3 heteroatoms. The van der Waals surface area contributed by atoms with Crippen molar-refractivity contribution in [1.29, 1.82) is 0 Å². The first-order chi connectivity index (χ1) is 9.41. The van der Waals surface area contributed by atoms with Gasteiger partial charge in [-0.15, -0.1) is 0 Å². The van der Waals surface area contributed by atoms with Crippen molar-refractivity contribution >= 4 is 16.6 Å². The molecule has 0 fully saturated rings. The molecule has 2 aromatic rings. The van der Waals surface area contributed by atoms with Gasteiger partial charge in [-0.1, -0.05) is 39.0 Å². The number of aryl methyl sites for hydroxylation is 1. The lowest BCUT2D eigenvalue weighted by Gasteiger charge is -2.32. The molecule has 0 aliphatic heterocycles. The van der Waals surface area contributed by atoms with Crippen LogP contribution in [0.1, 0.15) is 32.9 Å². The molecule has 0 spiro atoms. The van der Waals surface area contributed by atoms with Gasteiger partial charge >= 0.3 is 0 Å². The Bertz CT molecular complexity index is 584. The molecular weight excluding hydrogens is 246 g/mol. The van der Waals surface area contributed by atoms with Crippen LogP contribution in [0.4, 0.5) is 5.69 Å². The van der Waals surface area contributed by atoms with Gasteiger partial charge in [-0.25, -0.2) is 0 Å². The Balaban J connectivity index is 2.41. The van der Waals surface area contributed by atoms with E-state index >= 15 is 0 Å². The second-order valence-electron chi connectivity index (χ2n) is 6.47. The number of anilines is 1. The van der Waals surface area contributed by atoms with Crippen LogP contribution >= 0.6 is 0 Å². The highest BCUT2D eigenvalue weighted by Gasteiger charge is 2.24. The third-order valence-electron chi connectivity index (χ3n) is 3.67. The highest BCUT2D eigenvalue weighted by Crippen LogP contribution is 2.29. The molecule has 1 atom stereocenters. The summed E-state index contributed by atoms with van der Waals surface area (Å²) < 4.78 is 0. The molecule has 108 valence electrons. The molecule has 0 amide bonds. The Morgan fingerprint density at radius 3 is 2.60 bits per heavy atom. The number of rotatable bonds is 4. The number of fused-ring (bicyclic) bond motifs is 1. The van der Waals surface area contributed by atoms with Crippen molar-refractivity contribution in [3.8, 4) is 0 Å². The standard InChI is InChI=1S/C17H25N3/c1-12-11-15(13-7-5-6-8-14(13)19-12)20-16(9-10-18)17(2,3)4/h5-8,11,16H,9-10,18H2,1-4H3,(H,19,20). The van der Waals surface area contributed by atoms with E-state index in [0.29, 0.717) is 12.6 Å². The fourth-order valence-electron chi connectivity index (χ4n) is 2.50. The van der Waals surface area contributed by atoms with E-state index in [0.717, 1.165) is 23.3 Å². The minimum atomic E-state index is 0.164. The van der Waals surface area contributed by atoms with Gasteiger partial charge in [-0.05, 0) is 37.4 Å². The molecular formula is C17H25N3.